The zero-order valence-corrected chi connectivity index (χ0v) is 13.6. The molecule has 3 amide bonds. The van der Waals surface area contributed by atoms with Crippen LogP contribution < -0.4 is 5.32 Å². The largest absolute Gasteiger partial charge is 0.341 e. The summed E-state index contributed by atoms with van der Waals surface area (Å²) >= 11 is 1.30. The molecule has 0 unspecified atom stereocenters. The zero-order valence-electron chi connectivity index (χ0n) is 12.8. The highest BCUT2D eigenvalue weighted by Crippen LogP contribution is 2.38. The lowest BCUT2D eigenvalue weighted by molar-refractivity contribution is 0.0690. The molecule has 0 atom stereocenters. The van der Waals surface area contributed by atoms with Gasteiger partial charge in [-0.1, -0.05) is 11.8 Å². The summed E-state index contributed by atoms with van der Waals surface area (Å²) in [6.07, 6.45) is 0. The Morgan fingerprint density at radius 2 is 1.91 bits per heavy atom. The van der Waals surface area contributed by atoms with Crippen LogP contribution in [0.15, 0.2) is 29.4 Å². The van der Waals surface area contributed by atoms with Gasteiger partial charge in [0.25, 0.3) is 5.91 Å². The van der Waals surface area contributed by atoms with Gasteiger partial charge < -0.3 is 5.32 Å². The van der Waals surface area contributed by atoms with Crippen LogP contribution in [-0.4, -0.2) is 46.0 Å². The van der Waals surface area contributed by atoms with Crippen LogP contribution in [0.4, 0.5) is 9.18 Å². The molecule has 118 valence electrons. The molecule has 0 aromatic heterocycles. The molecule has 8 heteroatoms. The number of amidine groups is 1. The number of carbonyl (C=O) groups excluding carboxylic acids is 2. The molecule has 0 aliphatic carbocycles. The van der Waals surface area contributed by atoms with Crippen molar-refractivity contribution in [1.29, 1.82) is 0 Å². The smallest absolute Gasteiger partial charge is 0.322 e. The van der Waals surface area contributed by atoms with Gasteiger partial charge in [0, 0.05) is 19.7 Å². The molecule has 1 aliphatic rings. The molecule has 0 saturated heterocycles. The van der Waals surface area contributed by atoms with E-state index in [1.165, 1.54) is 53.0 Å². The number of hydrogen-bond acceptors (Lipinski definition) is 4. The Morgan fingerprint density at radius 3 is 2.45 bits per heavy atom. The van der Waals surface area contributed by atoms with E-state index in [4.69, 9.17) is 0 Å². The first kappa shape index (κ1) is 16.3. The molecule has 2 rings (SSSR count). The molecule has 1 heterocycles. The van der Waals surface area contributed by atoms with E-state index in [-0.39, 0.29) is 11.9 Å². The monoisotopic (exact) mass is 324 g/mol. The van der Waals surface area contributed by atoms with Gasteiger partial charge >= 0.3 is 6.03 Å². The quantitative estimate of drug-likeness (QED) is 0.862. The Hall–Kier alpha value is -2.09. The van der Waals surface area contributed by atoms with Crippen molar-refractivity contribution in [2.75, 3.05) is 14.1 Å². The SMILES string of the molecule is CNC(=O)N(C)C1=NN(C(=O)c2ccc(F)cc2)C(C)(C)S1. The van der Waals surface area contributed by atoms with E-state index in [2.05, 4.69) is 10.4 Å². The lowest BCUT2D eigenvalue weighted by Crippen LogP contribution is -2.39. The molecule has 0 fully saturated rings. The van der Waals surface area contributed by atoms with E-state index in [1.807, 2.05) is 13.8 Å². The van der Waals surface area contributed by atoms with Crippen molar-refractivity contribution in [2.24, 2.45) is 5.10 Å². The molecule has 0 radical (unpaired) electrons. The lowest BCUT2D eigenvalue weighted by atomic mass is 10.2. The maximum atomic E-state index is 13.0. The second-order valence-electron chi connectivity index (χ2n) is 5.17. The third-order valence-corrected chi connectivity index (χ3v) is 4.34. The van der Waals surface area contributed by atoms with Gasteiger partial charge in [0.05, 0.1) is 0 Å². The van der Waals surface area contributed by atoms with Crippen molar-refractivity contribution < 1.29 is 14.0 Å². The van der Waals surface area contributed by atoms with Crippen LogP contribution in [0.25, 0.3) is 0 Å². The van der Waals surface area contributed by atoms with Crippen LogP contribution in [-0.2, 0) is 0 Å². The molecular formula is C14H17FN4O2S. The summed E-state index contributed by atoms with van der Waals surface area (Å²) in [5, 5.41) is 8.46. The fraction of sp³-hybridized carbons (Fsp3) is 0.357. The Bertz CT molecular complexity index is 630. The van der Waals surface area contributed by atoms with Crippen LogP contribution in [0.2, 0.25) is 0 Å². The predicted molar refractivity (Wildman–Crippen MR) is 83.9 cm³/mol. The van der Waals surface area contributed by atoms with E-state index in [9.17, 15) is 14.0 Å². The minimum Gasteiger partial charge on any atom is -0.341 e. The maximum absolute atomic E-state index is 13.0. The summed E-state index contributed by atoms with van der Waals surface area (Å²) in [7, 11) is 3.10. The van der Waals surface area contributed by atoms with E-state index >= 15 is 0 Å². The van der Waals surface area contributed by atoms with Gasteiger partial charge in [-0.2, -0.15) is 0 Å². The van der Waals surface area contributed by atoms with Crippen molar-refractivity contribution in [2.45, 2.75) is 18.7 Å². The van der Waals surface area contributed by atoms with Gasteiger partial charge in [0.1, 0.15) is 10.7 Å². The molecule has 22 heavy (non-hydrogen) atoms. The third kappa shape index (κ3) is 3.06. The van der Waals surface area contributed by atoms with Gasteiger partial charge in [-0.05, 0) is 38.1 Å². The van der Waals surface area contributed by atoms with E-state index < -0.39 is 10.7 Å². The minimum atomic E-state index is -0.650. The topological polar surface area (TPSA) is 65.0 Å². The van der Waals surface area contributed by atoms with Crippen LogP contribution in [0.1, 0.15) is 24.2 Å². The second kappa shape index (κ2) is 5.96. The second-order valence-corrected chi connectivity index (χ2v) is 6.74. The number of nitrogens with one attached hydrogen (secondary N) is 1. The highest BCUT2D eigenvalue weighted by molar-refractivity contribution is 8.15. The van der Waals surface area contributed by atoms with Crippen molar-refractivity contribution in [3.63, 3.8) is 0 Å². The Labute approximate surface area is 132 Å². The maximum Gasteiger partial charge on any atom is 0.322 e. The summed E-state index contributed by atoms with van der Waals surface area (Å²) < 4.78 is 13.0. The van der Waals surface area contributed by atoms with Crippen molar-refractivity contribution >= 4 is 28.9 Å². The molecular weight excluding hydrogens is 307 g/mol. The number of carbonyl (C=O) groups is 2. The number of amides is 3. The predicted octanol–water partition coefficient (Wildman–Crippen LogP) is 2.29. The number of halogens is 1. The van der Waals surface area contributed by atoms with Gasteiger partial charge in [0.15, 0.2) is 5.17 Å². The molecule has 0 spiro atoms. The standard InChI is InChI=1S/C14H17FN4O2S/c1-14(2)19(11(20)9-5-7-10(15)8-6-9)17-13(22-14)18(4)12(21)16-3/h5-8H,1-4H3,(H,16,21). The minimum absolute atomic E-state index is 0.321. The first-order valence-corrected chi connectivity index (χ1v) is 7.41. The average Bonchev–Trinajstić information content (AvgIpc) is 2.81. The van der Waals surface area contributed by atoms with E-state index in [1.54, 1.807) is 7.05 Å². The van der Waals surface area contributed by atoms with Crippen LogP contribution in [0.3, 0.4) is 0 Å². The molecule has 0 bridgehead atoms. The van der Waals surface area contributed by atoms with Gasteiger partial charge in [-0.25, -0.2) is 14.2 Å². The van der Waals surface area contributed by atoms with Crippen LogP contribution in [0.5, 0.6) is 0 Å². The Balaban J connectivity index is 2.28. The molecule has 0 saturated carbocycles. The number of urea groups is 1. The normalized spacial score (nSPS) is 16.2. The van der Waals surface area contributed by atoms with Gasteiger partial charge in [0.2, 0.25) is 0 Å². The first-order chi connectivity index (χ1) is 10.3. The number of hydrazone groups is 1. The highest BCUT2D eigenvalue weighted by atomic mass is 32.2. The number of rotatable bonds is 1. The Morgan fingerprint density at radius 1 is 1.32 bits per heavy atom. The number of nitrogens with zero attached hydrogens (tertiary/aromatic N) is 3. The third-order valence-electron chi connectivity index (χ3n) is 3.13. The molecule has 1 aliphatic heterocycles. The molecule has 6 nitrogen and oxygen atoms in total. The molecule has 1 aromatic carbocycles. The van der Waals surface area contributed by atoms with E-state index in [0.717, 1.165) is 0 Å². The van der Waals surface area contributed by atoms with Crippen molar-refractivity contribution in [3.8, 4) is 0 Å². The average molecular weight is 324 g/mol. The Kier molecular flexibility index (Phi) is 4.41. The van der Waals surface area contributed by atoms with Gasteiger partial charge in [-0.3, -0.25) is 9.69 Å². The van der Waals surface area contributed by atoms with Gasteiger partial charge in [-0.15, -0.1) is 5.10 Å². The fourth-order valence-electron chi connectivity index (χ4n) is 1.89. The van der Waals surface area contributed by atoms with Crippen LogP contribution >= 0.6 is 11.8 Å². The summed E-state index contributed by atoms with van der Waals surface area (Å²) in [6, 6.07) is 4.95. The van der Waals surface area contributed by atoms with Crippen molar-refractivity contribution in [3.05, 3.63) is 35.6 Å². The first-order valence-electron chi connectivity index (χ1n) is 6.59. The van der Waals surface area contributed by atoms with Crippen LogP contribution in [0, 0.1) is 5.82 Å². The summed E-state index contributed by atoms with van der Waals surface area (Å²) in [4.78, 5) is 24.9. The molecule has 1 N–H and O–H groups in total. The van der Waals surface area contributed by atoms with Crippen molar-refractivity contribution in [1.82, 2.24) is 15.2 Å². The fourth-order valence-corrected chi connectivity index (χ4v) is 2.89. The highest BCUT2D eigenvalue weighted by Gasteiger charge is 2.41. The summed E-state index contributed by atoms with van der Waals surface area (Å²) in [5.41, 5.74) is 0.336. The summed E-state index contributed by atoms with van der Waals surface area (Å²) in [5.74, 6) is -0.757. The number of hydrogen-bond donors (Lipinski definition) is 1. The van der Waals surface area contributed by atoms with E-state index in [0.29, 0.717) is 10.7 Å². The summed E-state index contributed by atoms with van der Waals surface area (Å²) in [6.45, 7) is 3.65. The lowest BCUT2D eigenvalue weighted by Gasteiger charge is -2.27. The number of thioether (sulfide) groups is 1. The zero-order chi connectivity index (χ0) is 16.5. The molecule has 1 aromatic rings. The number of benzene rings is 1.